The van der Waals surface area contributed by atoms with E-state index in [4.69, 9.17) is 21.5 Å². The van der Waals surface area contributed by atoms with Crippen molar-refractivity contribution in [3.63, 3.8) is 0 Å². The Morgan fingerprint density at radius 3 is 2.23 bits per heavy atom. The maximum absolute atomic E-state index is 12.0. The number of carbonyl (C=O) groups is 1. The number of anilines is 1. The topological polar surface area (TPSA) is 105 Å². The van der Waals surface area contributed by atoms with E-state index in [9.17, 15) is 18.0 Å². The van der Waals surface area contributed by atoms with Gasteiger partial charge in [-0.05, 0) is 11.6 Å². The van der Waals surface area contributed by atoms with Crippen molar-refractivity contribution in [2.75, 3.05) is 31.1 Å². The third kappa shape index (κ3) is 4.07. The molecule has 1 aliphatic rings. The number of nitrogens with one attached hydrogen (secondary N) is 1. The van der Waals surface area contributed by atoms with Gasteiger partial charge >= 0.3 is 17.8 Å². The summed E-state index contributed by atoms with van der Waals surface area (Å²) in [5, 5.41) is 10.6. The average molecular weight is 397 g/mol. The van der Waals surface area contributed by atoms with E-state index in [0.717, 1.165) is 37.5 Å². The van der Waals surface area contributed by atoms with Gasteiger partial charge in [0.1, 0.15) is 5.52 Å². The molecular weight excluding hydrogens is 381 g/mol. The van der Waals surface area contributed by atoms with E-state index in [1.807, 2.05) is 0 Å². The van der Waals surface area contributed by atoms with E-state index >= 15 is 0 Å². The molecule has 0 aliphatic carbocycles. The second-order valence-electron chi connectivity index (χ2n) is 5.43. The summed E-state index contributed by atoms with van der Waals surface area (Å²) < 4.78 is 34.8. The molecule has 9 nitrogen and oxygen atoms in total. The Bertz CT molecular complexity index is 873. The van der Waals surface area contributed by atoms with Crippen LogP contribution in [-0.4, -0.2) is 62.5 Å². The van der Waals surface area contributed by atoms with E-state index < -0.39 is 12.1 Å². The first kappa shape index (κ1) is 20.0. The summed E-state index contributed by atoms with van der Waals surface area (Å²) in [7, 11) is 3.42. The van der Waals surface area contributed by atoms with Crippen molar-refractivity contribution in [1.82, 2.24) is 24.4 Å². The van der Waals surface area contributed by atoms with Crippen molar-refractivity contribution in [2.45, 2.75) is 6.18 Å². The number of nitrogens with zero attached hydrogens (tertiary/aromatic N) is 5. The van der Waals surface area contributed by atoms with Gasteiger partial charge in [0.05, 0.1) is 0 Å². The van der Waals surface area contributed by atoms with Gasteiger partial charge in [-0.3, -0.25) is 9.13 Å². The lowest BCUT2D eigenvalue weighted by Crippen LogP contribution is -2.44. The summed E-state index contributed by atoms with van der Waals surface area (Å²) in [6, 6.07) is 0. The summed E-state index contributed by atoms with van der Waals surface area (Å²) >= 11 is 5.99. The van der Waals surface area contributed by atoms with Crippen LogP contribution < -0.4 is 15.9 Å². The monoisotopic (exact) mass is 396 g/mol. The Morgan fingerprint density at radius 2 is 1.73 bits per heavy atom. The number of carboxylic acids is 1. The number of hydrogen-bond donors (Lipinski definition) is 2. The van der Waals surface area contributed by atoms with Crippen molar-refractivity contribution in [3.8, 4) is 0 Å². The molecule has 0 amide bonds. The predicted molar refractivity (Wildman–Crippen MR) is 87.5 cm³/mol. The van der Waals surface area contributed by atoms with E-state index in [2.05, 4.69) is 20.2 Å². The number of piperazine rings is 1. The highest BCUT2D eigenvalue weighted by Gasteiger charge is 2.38. The fraction of sp³-hybridized carbons (Fsp3) is 0.538. The zero-order valence-electron chi connectivity index (χ0n) is 13.8. The van der Waals surface area contributed by atoms with Crippen molar-refractivity contribution in [3.05, 3.63) is 15.8 Å². The fourth-order valence-electron chi connectivity index (χ4n) is 2.45. The molecule has 0 radical (unpaired) electrons. The normalized spacial score (nSPS) is 14.9. The number of rotatable bonds is 1. The van der Waals surface area contributed by atoms with Crippen molar-refractivity contribution >= 4 is 34.6 Å². The molecule has 2 N–H and O–H groups in total. The Balaban J connectivity index is 0.000000298. The van der Waals surface area contributed by atoms with Crippen molar-refractivity contribution in [1.29, 1.82) is 0 Å². The molecule has 0 spiro atoms. The number of aliphatic carboxylic acids is 1. The molecule has 1 fully saturated rings. The lowest BCUT2D eigenvalue weighted by Gasteiger charge is -2.28. The number of fused-ring (bicyclic) bond motifs is 1. The second kappa shape index (κ2) is 7.50. The molecule has 0 atom stereocenters. The molecule has 144 valence electrons. The van der Waals surface area contributed by atoms with Crippen LogP contribution in [0.15, 0.2) is 4.79 Å². The SMILES string of the molecule is Cn1c(=O)n(C)c2c(N3CCNCC3)nc(Cl)nc21.O=C(O)C(F)(F)F. The highest BCUT2D eigenvalue weighted by atomic mass is 35.5. The molecule has 2 aromatic heterocycles. The van der Waals surface area contributed by atoms with E-state index in [-0.39, 0.29) is 11.0 Å². The van der Waals surface area contributed by atoms with Gasteiger partial charge in [-0.15, -0.1) is 0 Å². The summed E-state index contributed by atoms with van der Waals surface area (Å²) in [6.45, 7) is 3.46. The first-order chi connectivity index (χ1) is 12.0. The number of hydrogen-bond acceptors (Lipinski definition) is 6. The zero-order valence-corrected chi connectivity index (χ0v) is 14.6. The Labute approximate surface area is 150 Å². The van der Waals surface area contributed by atoms with E-state index in [1.165, 1.54) is 4.57 Å². The standard InChI is InChI=1S/C11H15ClN6O.C2HF3O2/c1-16-7-8(17(2)11(16)19)14-10(12)15-9(7)18-5-3-13-4-6-18;3-2(4,5)1(6)7/h13H,3-6H2,1-2H3;(H,6,7). The third-order valence-corrected chi connectivity index (χ3v) is 3.87. The Kier molecular flexibility index (Phi) is 5.76. The zero-order chi connectivity index (χ0) is 19.6. The number of carboxylic acid groups (broad SMARTS) is 1. The van der Waals surface area contributed by atoms with Gasteiger partial charge in [0, 0.05) is 40.3 Å². The molecule has 13 heteroatoms. The van der Waals surface area contributed by atoms with Crippen LogP contribution in [0.25, 0.3) is 11.2 Å². The molecule has 3 rings (SSSR count). The molecule has 1 saturated heterocycles. The quantitative estimate of drug-likeness (QED) is 0.671. The van der Waals surface area contributed by atoms with Crippen LogP contribution in [0.3, 0.4) is 0 Å². The molecule has 3 heterocycles. The van der Waals surface area contributed by atoms with Crippen molar-refractivity contribution in [2.24, 2.45) is 14.1 Å². The molecule has 0 bridgehead atoms. The summed E-state index contributed by atoms with van der Waals surface area (Å²) in [5.74, 6) is -2.02. The van der Waals surface area contributed by atoms with Crippen LogP contribution in [0.4, 0.5) is 19.0 Å². The second-order valence-corrected chi connectivity index (χ2v) is 5.77. The first-order valence-corrected chi connectivity index (χ1v) is 7.76. The molecule has 0 aromatic carbocycles. The van der Waals surface area contributed by atoms with Gasteiger partial charge in [0.25, 0.3) is 0 Å². The van der Waals surface area contributed by atoms with Crippen LogP contribution in [-0.2, 0) is 18.9 Å². The molecular formula is C13H16ClF3N6O3. The van der Waals surface area contributed by atoms with E-state index in [1.54, 1.807) is 18.7 Å². The number of halogens is 4. The number of alkyl halides is 3. The summed E-state index contributed by atoms with van der Waals surface area (Å²) in [5.41, 5.74) is 1.18. The van der Waals surface area contributed by atoms with Gasteiger partial charge < -0.3 is 15.3 Å². The largest absolute Gasteiger partial charge is 0.490 e. The molecule has 1 aliphatic heterocycles. The summed E-state index contributed by atoms with van der Waals surface area (Å²) in [6.07, 6.45) is -5.08. The van der Waals surface area contributed by atoms with Crippen LogP contribution in [0.5, 0.6) is 0 Å². The smallest absolute Gasteiger partial charge is 0.475 e. The minimum absolute atomic E-state index is 0.122. The highest BCUT2D eigenvalue weighted by molar-refractivity contribution is 6.28. The minimum atomic E-state index is -5.08. The maximum Gasteiger partial charge on any atom is 0.490 e. The van der Waals surface area contributed by atoms with Crippen molar-refractivity contribution < 1.29 is 23.1 Å². The fourth-order valence-corrected chi connectivity index (χ4v) is 2.61. The average Bonchev–Trinajstić information content (AvgIpc) is 2.79. The maximum atomic E-state index is 12.0. The van der Waals surface area contributed by atoms with Crippen LogP contribution in [0, 0.1) is 0 Å². The van der Waals surface area contributed by atoms with Crippen LogP contribution >= 0.6 is 11.6 Å². The first-order valence-electron chi connectivity index (χ1n) is 7.38. The minimum Gasteiger partial charge on any atom is -0.475 e. The van der Waals surface area contributed by atoms with Gasteiger partial charge in [0.2, 0.25) is 5.28 Å². The van der Waals surface area contributed by atoms with Gasteiger partial charge in [-0.25, -0.2) is 9.59 Å². The molecule has 0 unspecified atom stereocenters. The van der Waals surface area contributed by atoms with Gasteiger partial charge in [0.15, 0.2) is 11.5 Å². The Hall–Kier alpha value is -2.34. The van der Waals surface area contributed by atoms with Crippen LogP contribution in [0.2, 0.25) is 5.28 Å². The van der Waals surface area contributed by atoms with Gasteiger partial charge in [-0.2, -0.15) is 23.1 Å². The van der Waals surface area contributed by atoms with E-state index in [0.29, 0.717) is 5.65 Å². The predicted octanol–water partition coefficient (Wildman–Crippen LogP) is 0.363. The summed E-state index contributed by atoms with van der Waals surface area (Å²) in [4.78, 5) is 31.5. The third-order valence-electron chi connectivity index (χ3n) is 3.71. The Morgan fingerprint density at radius 1 is 1.19 bits per heavy atom. The van der Waals surface area contributed by atoms with Gasteiger partial charge in [-0.1, -0.05) is 0 Å². The molecule has 2 aromatic rings. The van der Waals surface area contributed by atoms with Crippen LogP contribution in [0.1, 0.15) is 0 Å². The number of aromatic nitrogens is 4. The molecule has 0 saturated carbocycles. The highest BCUT2D eigenvalue weighted by Crippen LogP contribution is 2.24. The lowest BCUT2D eigenvalue weighted by atomic mass is 10.3. The number of imidazole rings is 1. The molecule has 26 heavy (non-hydrogen) atoms. The lowest BCUT2D eigenvalue weighted by molar-refractivity contribution is -0.192. The number of aryl methyl sites for hydroxylation is 2.